The third-order valence-electron chi connectivity index (χ3n) is 3.01. The molecule has 3 heteroatoms. The van der Waals surface area contributed by atoms with Crippen LogP contribution in [0.5, 0.6) is 0 Å². The predicted molar refractivity (Wildman–Crippen MR) is 90.0 cm³/mol. The molecule has 0 spiro atoms. The lowest BCUT2D eigenvalue weighted by Crippen LogP contribution is -1.94. The highest BCUT2D eigenvalue weighted by Gasteiger charge is 2.04. The molecule has 0 unspecified atom stereocenters. The largest absolute Gasteiger partial charge is 0.327 e. The van der Waals surface area contributed by atoms with E-state index >= 15 is 0 Å². The maximum Gasteiger partial charge on any atom is 0.0264 e. The summed E-state index contributed by atoms with van der Waals surface area (Å²) in [5, 5.41) is 0. The van der Waals surface area contributed by atoms with Gasteiger partial charge >= 0.3 is 0 Å². The molecule has 0 atom stereocenters. The van der Waals surface area contributed by atoms with E-state index in [0.717, 1.165) is 8.95 Å². The molecule has 1 nitrogen and oxygen atoms in total. The number of rotatable bonds is 3. The van der Waals surface area contributed by atoms with Crippen molar-refractivity contribution in [3.05, 3.63) is 63.0 Å². The monoisotopic (exact) mass is 379 g/mol. The zero-order valence-corrected chi connectivity index (χ0v) is 13.8. The van der Waals surface area contributed by atoms with Gasteiger partial charge in [0.2, 0.25) is 0 Å². The first kappa shape index (κ1) is 14.5. The lowest BCUT2D eigenvalue weighted by atomic mass is 10.0. The van der Waals surface area contributed by atoms with E-state index in [1.54, 1.807) is 0 Å². The van der Waals surface area contributed by atoms with Crippen LogP contribution in [0.3, 0.4) is 0 Å². The first-order valence-electron chi connectivity index (χ1n) is 6.04. The van der Waals surface area contributed by atoms with Gasteiger partial charge in [-0.05, 0) is 41.3 Å². The standard InChI is InChI=1S/C16H15Br2N/c1-11(8-9-19)12-2-4-13(5-3-12)15-7-6-14(17)10-16(15)18/h2-8,10H,9,19H2,1H3. The van der Waals surface area contributed by atoms with E-state index < -0.39 is 0 Å². The van der Waals surface area contributed by atoms with Crippen molar-refractivity contribution in [1.82, 2.24) is 0 Å². The van der Waals surface area contributed by atoms with Crippen molar-refractivity contribution < 1.29 is 0 Å². The van der Waals surface area contributed by atoms with Gasteiger partial charge in [-0.1, -0.05) is 68.3 Å². The minimum Gasteiger partial charge on any atom is -0.327 e. The van der Waals surface area contributed by atoms with E-state index in [0.29, 0.717) is 6.54 Å². The molecule has 0 aromatic heterocycles. The molecular weight excluding hydrogens is 366 g/mol. The van der Waals surface area contributed by atoms with Gasteiger partial charge < -0.3 is 5.73 Å². The summed E-state index contributed by atoms with van der Waals surface area (Å²) >= 11 is 7.07. The summed E-state index contributed by atoms with van der Waals surface area (Å²) in [7, 11) is 0. The van der Waals surface area contributed by atoms with Crippen molar-refractivity contribution in [1.29, 1.82) is 0 Å². The van der Waals surface area contributed by atoms with Crippen LogP contribution in [0.15, 0.2) is 57.5 Å². The number of halogens is 2. The van der Waals surface area contributed by atoms with E-state index in [1.165, 1.54) is 22.3 Å². The molecule has 0 amide bonds. The maximum absolute atomic E-state index is 5.53. The Bertz CT molecular complexity index is 601. The second-order valence-electron chi connectivity index (χ2n) is 4.32. The number of allylic oxidation sites excluding steroid dienone is 1. The maximum atomic E-state index is 5.53. The number of nitrogens with two attached hydrogens (primary N) is 1. The zero-order chi connectivity index (χ0) is 13.8. The molecule has 0 saturated heterocycles. The fourth-order valence-corrected chi connectivity index (χ4v) is 3.21. The van der Waals surface area contributed by atoms with Crippen molar-refractivity contribution in [3.63, 3.8) is 0 Å². The fourth-order valence-electron chi connectivity index (χ4n) is 1.93. The highest BCUT2D eigenvalue weighted by molar-refractivity contribution is 9.11. The third kappa shape index (κ3) is 3.56. The molecule has 0 radical (unpaired) electrons. The van der Waals surface area contributed by atoms with Gasteiger partial charge in [0.05, 0.1) is 0 Å². The minimum atomic E-state index is 0.575. The molecular formula is C16H15Br2N. The van der Waals surface area contributed by atoms with Crippen LogP contribution in [0.2, 0.25) is 0 Å². The zero-order valence-electron chi connectivity index (χ0n) is 10.7. The van der Waals surface area contributed by atoms with E-state index in [9.17, 15) is 0 Å². The van der Waals surface area contributed by atoms with Crippen molar-refractivity contribution in [2.75, 3.05) is 6.54 Å². The highest BCUT2D eigenvalue weighted by atomic mass is 79.9. The van der Waals surface area contributed by atoms with Crippen LogP contribution >= 0.6 is 31.9 Å². The lowest BCUT2D eigenvalue weighted by Gasteiger charge is -2.07. The quantitative estimate of drug-likeness (QED) is 0.773. The number of hydrogen-bond acceptors (Lipinski definition) is 1. The second-order valence-corrected chi connectivity index (χ2v) is 6.09. The molecule has 0 aliphatic carbocycles. The summed E-state index contributed by atoms with van der Waals surface area (Å²) in [5.74, 6) is 0. The first-order chi connectivity index (χ1) is 9.11. The molecule has 0 aliphatic heterocycles. The summed E-state index contributed by atoms with van der Waals surface area (Å²) < 4.78 is 2.16. The summed E-state index contributed by atoms with van der Waals surface area (Å²) in [6.07, 6.45) is 2.03. The van der Waals surface area contributed by atoms with Crippen LogP contribution in [-0.4, -0.2) is 6.54 Å². The Morgan fingerprint density at radius 3 is 2.37 bits per heavy atom. The Balaban J connectivity index is 2.35. The molecule has 0 saturated carbocycles. The number of benzene rings is 2. The van der Waals surface area contributed by atoms with Crippen LogP contribution < -0.4 is 5.73 Å². The second kappa shape index (κ2) is 6.51. The van der Waals surface area contributed by atoms with Crippen LogP contribution in [0.4, 0.5) is 0 Å². The average molecular weight is 381 g/mol. The number of hydrogen-bond donors (Lipinski definition) is 1. The summed E-state index contributed by atoms with van der Waals surface area (Å²) in [6.45, 7) is 2.66. The molecule has 19 heavy (non-hydrogen) atoms. The molecule has 2 aromatic rings. The fraction of sp³-hybridized carbons (Fsp3) is 0.125. The molecule has 0 aliphatic rings. The van der Waals surface area contributed by atoms with Crippen LogP contribution in [0, 0.1) is 0 Å². The summed E-state index contributed by atoms with van der Waals surface area (Å²) in [5.41, 5.74) is 10.3. The predicted octanol–water partition coefficient (Wildman–Crippen LogP) is 5.24. The lowest BCUT2D eigenvalue weighted by molar-refractivity contribution is 1.25. The first-order valence-corrected chi connectivity index (χ1v) is 7.63. The Morgan fingerprint density at radius 1 is 1.11 bits per heavy atom. The van der Waals surface area contributed by atoms with Gasteiger partial charge in [-0.3, -0.25) is 0 Å². The Kier molecular flexibility index (Phi) is 4.97. The SMILES string of the molecule is CC(=CCN)c1ccc(-c2ccc(Br)cc2Br)cc1. The normalized spacial score (nSPS) is 11.7. The van der Waals surface area contributed by atoms with Gasteiger partial charge in [0, 0.05) is 15.5 Å². The van der Waals surface area contributed by atoms with Gasteiger partial charge in [-0.15, -0.1) is 0 Å². The van der Waals surface area contributed by atoms with Gasteiger partial charge in [0.25, 0.3) is 0 Å². The van der Waals surface area contributed by atoms with Gasteiger partial charge in [0.15, 0.2) is 0 Å². The highest BCUT2D eigenvalue weighted by Crippen LogP contribution is 2.31. The van der Waals surface area contributed by atoms with Gasteiger partial charge in [0.1, 0.15) is 0 Å². The Labute approximate surface area is 130 Å². The van der Waals surface area contributed by atoms with E-state index in [4.69, 9.17) is 5.73 Å². The summed E-state index contributed by atoms with van der Waals surface area (Å²) in [6, 6.07) is 14.7. The molecule has 0 heterocycles. The topological polar surface area (TPSA) is 26.0 Å². The van der Waals surface area contributed by atoms with E-state index in [1.807, 2.05) is 12.1 Å². The molecule has 2 aromatic carbocycles. The van der Waals surface area contributed by atoms with Crippen molar-refractivity contribution >= 4 is 37.4 Å². The van der Waals surface area contributed by atoms with Crippen molar-refractivity contribution in [3.8, 4) is 11.1 Å². The van der Waals surface area contributed by atoms with Crippen LogP contribution in [0.25, 0.3) is 16.7 Å². The van der Waals surface area contributed by atoms with Crippen molar-refractivity contribution in [2.45, 2.75) is 6.92 Å². The van der Waals surface area contributed by atoms with E-state index in [-0.39, 0.29) is 0 Å². The molecule has 0 bridgehead atoms. The molecule has 2 N–H and O–H groups in total. The van der Waals surface area contributed by atoms with E-state index in [2.05, 4.69) is 75.2 Å². The molecule has 98 valence electrons. The Morgan fingerprint density at radius 2 is 1.79 bits per heavy atom. The molecule has 0 fully saturated rings. The summed E-state index contributed by atoms with van der Waals surface area (Å²) in [4.78, 5) is 0. The van der Waals surface area contributed by atoms with Gasteiger partial charge in [-0.25, -0.2) is 0 Å². The minimum absolute atomic E-state index is 0.575. The van der Waals surface area contributed by atoms with Crippen LogP contribution in [0.1, 0.15) is 12.5 Å². The van der Waals surface area contributed by atoms with Crippen LogP contribution in [-0.2, 0) is 0 Å². The smallest absolute Gasteiger partial charge is 0.0264 e. The average Bonchev–Trinajstić information content (AvgIpc) is 2.39. The molecule has 2 rings (SSSR count). The van der Waals surface area contributed by atoms with Gasteiger partial charge in [-0.2, -0.15) is 0 Å². The van der Waals surface area contributed by atoms with Crippen molar-refractivity contribution in [2.24, 2.45) is 5.73 Å². The third-order valence-corrected chi connectivity index (χ3v) is 4.16. The Hall–Kier alpha value is -0.900.